The molecule has 1 aromatic heterocycles. The molecule has 16 heavy (non-hydrogen) atoms. The number of fused-ring (bicyclic) bond motifs is 1. The molecule has 1 aromatic carbocycles. The van der Waals surface area contributed by atoms with Gasteiger partial charge in [0.1, 0.15) is 11.5 Å². The van der Waals surface area contributed by atoms with Gasteiger partial charge < -0.3 is 14.3 Å². The molecule has 0 aliphatic carbocycles. The predicted molar refractivity (Wildman–Crippen MR) is 59.8 cm³/mol. The number of hydrogen-bond donors (Lipinski definition) is 1. The first-order chi connectivity index (χ1) is 7.76. The molecule has 2 rings (SSSR count). The van der Waals surface area contributed by atoms with E-state index in [1.807, 2.05) is 0 Å². The molecule has 84 valence electrons. The van der Waals surface area contributed by atoms with E-state index < -0.39 is 5.63 Å². The van der Waals surface area contributed by atoms with Gasteiger partial charge in [-0.2, -0.15) is 0 Å². The SMILES string of the molecule is COc1cccc2c(=O)oc(CCO)cc12. The number of benzene rings is 1. The van der Waals surface area contributed by atoms with Gasteiger partial charge in [-0.1, -0.05) is 6.07 Å². The van der Waals surface area contributed by atoms with E-state index >= 15 is 0 Å². The van der Waals surface area contributed by atoms with E-state index in [9.17, 15) is 4.79 Å². The molecular formula is C12H12O4. The summed E-state index contributed by atoms with van der Waals surface area (Å²) in [6.07, 6.45) is 0.323. The van der Waals surface area contributed by atoms with Crippen LogP contribution in [-0.4, -0.2) is 18.8 Å². The molecule has 0 bridgehead atoms. The van der Waals surface area contributed by atoms with E-state index in [2.05, 4.69) is 0 Å². The zero-order chi connectivity index (χ0) is 11.5. The van der Waals surface area contributed by atoms with Crippen LogP contribution in [0.5, 0.6) is 5.75 Å². The van der Waals surface area contributed by atoms with Gasteiger partial charge in [-0.15, -0.1) is 0 Å². The fraction of sp³-hybridized carbons (Fsp3) is 0.250. The zero-order valence-corrected chi connectivity index (χ0v) is 8.90. The molecule has 4 heteroatoms. The molecule has 0 aliphatic heterocycles. The lowest BCUT2D eigenvalue weighted by Gasteiger charge is -2.05. The van der Waals surface area contributed by atoms with Gasteiger partial charge in [0.25, 0.3) is 0 Å². The maximum atomic E-state index is 11.6. The number of rotatable bonds is 3. The number of hydrogen-bond acceptors (Lipinski definition) is 4. The third-order valence-corrected chi connectivity index (χ3v) is 2.39. The average Bonchev–Trinajstić information content (AvgIpc) is 2.29. The topological polar surface area (TPSA) is 59.7 Å². The normalized spacial score (nSPS) is 10.6. The van der Waals surface area contributed by atoms with Crippen LogP contribution in [0.3, 0.4) is 0 Å². The Morgan fingerprint density at radius 2 is 2.19 bits per heavy atom. The van der Waals surface area contributed by atoms with Crippen LogP contribution in [0.4, 0.5) is 0 Å². The van der Waals surface area contributed by atoms with Crippen molar-refractivity contribution < 1.29 is 14.3 Å². The molecular weight excluding hydrogens is 208 g/mol. The Hall–Kier alpha value is -1.81. The van der Waals surface area contributed by atoms with Gasteiger partial charge in [-0.25, -0.2) is 4.79 Å². The van der Waals surface area contributed by atoms with Gasteiger partial charge in [0.2, 0.25) is 0 Å². The van der Waals surface area contributed by atoms with Crippen molar-refractivity contribution >= 4 is 10.8 Å². The van der Waals surface area contributed by atoms with Gasteiger partial charge >= 0.3 is 5.63 Å². The Labute approximate surface area is 92.1 Å². The van der Waals surface area contributed by atoms with Crippen molar-refractivity contribution in [2.75, 3.05) is 13.7 Å². The molecule has 0 atom stereocenters. The van der Waals surface area contributed by atoms with Crippen LogP contribution >= 0.6 is 0 Å². The summed E-state index contributed by atoms with van der Waals surface area (Å²) in [6.45, 7) is -0.0520. The lowest BCUT2D eigenvalue weighted by atomic mass is 10.1. The second-order valence-electron chi connectivity index (χ2n) is 3.40. The number of aliphatic hydroxyl groups is 1. The minimum absolute atomic E-state index is 0.0520. The maximum absolute atomic E-state index is 11.6. The van der Waals surface area contributed by atoms with E-state index in [4.69, 9.17) is 14.3 Å². The Bertz CT molecular complexity index is 556. The molecule has 0 spiro atoms. The van der Waals surface area contributed by atoms with Crippen LogP contribution < -0.4 is 10.4 Å². The predicted octanol–water partition coefficient (Wildman–Crippen LogP) is 1.34. The summed E-state index contributed by atoms with van der Waals surface area (Å²) in [6, 6.07) is 6.94. The van der Waals surface area contributed by atoms with Crippen molar-refractivity contribution in [1.29, 1.82) is 0 Å². The lowest BCUT2D eigenvalue weighted by molar-refractivity contribution is 0.285. The van der Waals surface area contributed by atoms with Gasteiger partial charge in [0, 0.05) is 11.8 Å². The molecule has 0 radical (unpaired) electrons. The number of ether oxygens (including phenoxy) is 1. The molecule has 0 saturated carbocycles. The minimum Gasteiger partial charge on any atom is -0.496 e. The Morgan fingerprint density at radius 1 is 1.38 bits per heavy atom. The fourth-order valence-corrected chi connectivity index (χ4v) is 1.65. The molecule has 4 nitrogen and oxygen atoms in total. The van der Waals surface area contributed by atoms with Crippen LogP contribution in [0.2, 0.25) is 0 Å². The highest BCUT2D eigenvalue weighted by Gasteiger charge is 2.07. The van der Waals surface area contributed by atoms with Gasteiger partial charge in [0.05, 0.1) is 19.1 Å². The molecule has 0 unspecified atom stereocenters. The summed E-state index contributed by atoms with van der Waals surface area (Å²) < 4.78 is 10.2. The third-order valence-electron chi connectivity index (χ3n) is 2.39. The summed E-state index contributed by atoms with van der Waals surface area (Å²) >= 11 is 0. The van der Waals surface area contributed by atoms with Crippen LogP contribution in [0.15, 0.2) is 33.5 Å². The van der Waals surface area contributed by atoms with Crippen LogP contribution in [0.25, 0.3) is 10.8 Å². The fourth-order valence-electron chi connectivity index (χ4n) is 1.65. The Morgan fingerprint density at radius 3 is 2.88 bits per heavy atom. The summed E-state index contributed by atoms with van der Waals surface area (Å²) in [5.74, 6) is 1.09. The third kappa shape index (κ3) is 1.79. The Kier molecular flexibility index (Phi) is 2.92. The van der Waals surface area contributed by atoms with Crippen molar-refractivity contribution in [3.8, 4) is 5.75 Å². The van der Waals surface area contributed by atoms with E-state index in [0.29, 0.717) is 28.7 Å². The van der Waals surface area contributed by atoms with Gasteiger partial charge in [-0.3, -0.25) is 0 Å². The van der Waals surface area contributed by atoms with Crippen LogP contribution in [0, 0.1) is 0 Å². The first kappa shape index (κ1) is 10.7. The van der Waals surface area contributed by atoms with Crippen molar-refractivity contribution in [3.05, 3.63) is 40.4 Å². The van der Waals surface area contributed by atoms with E-state index in [1.165, 1.54) is 0 Å². The standard InChI is InChI=1S/C12H12O4/c1-15-11-4-2-3-9-10(11)7-8(5-6-13)16-12(9)14/h2-4,7,13H,5-6H2,1H3. The number of aliphatic hydroxyl groups excluding tert-OH is 1. The molecule has 1 heterocycles. The minimum atomic E-state index is -0.403. The van der Waals surface area contributed by atoms with Crippen molar-refractivity contribution in [2.24, 2.45) is 0 Å². The highest BCUT2D eigenvalue weighted by Crippen LogP contribution is 2.23. The van der Waals surface area contributed by atoms with Gasteiger partial charge in [-0.05, 0) is 18.2 Å². The summed E-state index contributed by atoms with van der Waals surface area (Å²) in [7, 11) is 1.55. The van der Waals surface area contributed by atoms with E-state index in [0.717, 1.165) is 0 Å². The quantitative estimate of drug-likeness (QED) is 0.847. The summed E-state index contributed by atoms with van der Waals surface area (Å²) in [4.78, 5) is 11.6. The zero-order valence-electron chi connectivity index (χ0n) is 8.90. The highest BCUT2D eigenvalue weighted by atomic mass is 16.5. The van der Waals surface area contributed by atoms with Crippen molar-refractivity contribution in [3.63, 3.8) is 0 Å². The lowest BCUT2D eigenvalue weighted by Crippen LogP contribution is -2.04. The van der Waals surface area contributed by atoms with E-state index in [-0.39, 0.29) is 6.61 Å². The second-order valence-corrected chi connectivity index (χ2v) is 3.40. The molecule has 0 saturated heterocycles. The smallest absolute Gasteiger partial charge is 0.343 e. The van der Waals surface area contributed by atoms with Crippen LogP contribution in [0.1, 0.15) is 5.76 Å². The van der Waals surface area contributed by atoms with Crippen LogP contribution in [-0.2, 0) is 6.42 Å². The number of methoxy groups -OCH3 is 1. The largest absolute Gasteiger partial charge is 0.496 e. The molecule has 0 fully saturated rings. The Balaban J connectivity index is 2.72. The summed E-state index contributed by atoms with van der Waals surface area (Å²) in [5.41, 5.74) is -0.403. The first-order valence-electron chi connectivity index (χ1n) is 4.97. The van der Waals surface area contributed by atoms with Gasteiger partial charge in [0.15, 0.2) is 0 Å². The van der Waals surface area contributed by atoms with Crippen molar-refractivity contribution in [1.82, 2.24) is 0 Å². The molecule has 0 aliphatic rings. The molecule has 1 N–H and O–H groups in total. The maximum Gasteiger partial charge on any atom is 0.343 e. The molecule has 0 amide bonds. The van der Waals surface area contributed by atoms with E-state index in [1.54, 1.807) is 31.4 Å². The summed E-state index contributed by atoms with van der Waals surface area (Å²) in [5, 5.41) is 10.0. The van der Waals surface area contributed by atoms with Crippen molar-refractivity contribution in [2.45, 2.75) is 6.42 Å². The average molecular weight is 220 g/mol. The monoisotopic (exact) mass is 220 g/mol. The second kappa shape index (κ2) is 4.37. The molecule has 2 aromatic rings. The highest BCUT2D eigenvalue weighted by molar-refractivity contribution is 5.87. The first-order valence-corrected chi connectivity index (χ1v) is 4.97.